The van der Waals surface area contributed by atoms with Crippen LogP contribution in [-0.2, 0) is 0 Å². The molecule has 0 amide bonds. The molecule has 0 fully saturated rings. The van der Waals surface area contributed by atoms with Crippen LogP contribution in [0.5, 0.6) is 0 Å². The van der Waals surface area contributed by atoms with Crippen molar-refractivity contribution in [2.45, 2.75) is 20.8 Å². The van der Waals surface area contributed by atoms with Crippen molar-refractivity contribution in [1.29, 1.82) is 0 Å². The summed E-state index contributed by atoms with van der Waals surface area (Å²) in [6.07, 6.45) is 0. The van der Waals surface area contributed by atoms with Crippen LogP contribution in [0.1, 0.15) is 28.4 Å². The lowest BCUT2D eigenvalue weighted by molar-refractivity contribution is 0.101. The van der Waals surface area contributed by atoms with Gasteiger partial charge in [-0.25, -0.2) is 0 Å². The zero-order valence-electron chi connectivity index (χ0n) is 7.64. The third-order valence-corrected chi connectivity index (χ3v) is 2.61. The molecule has 0 N–H and O–H groups in total. The first-order valence-electron chi connectivity index (χ1n) is 3.90. The minimum Gasteiger partial charge on any atom is -0.295 e. The molecule has 1 unspecified atom stereocenters. The summed E-state index contributed by atoms with van der Waals surface area (Å²) in [7, 11) is 2.64. The number of aryl methyl sites for hydroxylation is 2. The van der Waals surface area contributed by atoms with E-state index >= 15 is 0 Å². The third-order valence-electron chi connectivity index (χ3n) is 1.99. The molecule has 2 heteroatoms. The van der Waals surface area contributed by atoms with Gasteiger partial charge in [0.1, 0.15) is 0 Å². The average molecular weight is 180 g/mol. The smallest absolute Gasteiger partial charge is 0.160 e. The quantitative estimate of drug-likeness (QED) is 0.477. The standard InChI is InChI=1S/C10H13OP/c1-6-4-7(2)10(12)5-9(6)8(3)11/h4-5H,12H2,1-3H3. The third kappa shape index (κ3) is 1.73. The molecule has 0 saturated heterocycles. The second kappa shape index (κ2) is 3.37. The zero-order valence-corrected chi connectivity index (χ0v) is 8.79. The van der Waals surface area contributed by atoms with Gasteiger partial charge < -0.3 is 0 Å². The molecular formula is C10H13OP. The summed E-state index contributed by atoms with van der Waals surface area (Å²) >= 11 is 0. The van der Waals surface area contributed by atoms with Crippen molar-refractivity contribution in [3.63, 3.8) is 0 Å². The maximum absolute atomic E-state index is 11.1. The second-order valence-corrected chi connectivity index (χ2v) is 3.70. The maximum atomic E-state index is 11.1. The molecule has 12 heavy (non-hydrogen) atoms. The minimum atomic E-state index is 0.135. The monoisotopic (exact) mass is 180 g/mol. The lowest BCUT2D eigenvalue weighted by atomic mass is 10.0. The number of carbonyl (C=O) groups is 1. The summed E-state index contributed by atoms with van der Waals surface area (Å²) in [6.45, 7) is 5.61. The number of hydrogen-bond donors (Lipinski definition) is 0. The Bertz CT molecular complexity index is 329. The SMILES string of the molecule is CC(=O)c1cc(P)c(C)cc1C. The van der Waals surface area contributed by atoms with Crippen molar-refractivity contribution in [2.24, 2.45) is 0 Å². The van der Waals surface area contributed by atoms with Crippen LogP contribution in [-0.4, -0.2) is 5.78 Å². The van der Waals surface area contributed by atoms with Gasteiger partial charge in [0.2, 0.25) is 0 Å². The van der Waals surface area contributed by atoms with Crippen molar-refractivity contribution in [1.82, 2.24) is 0 Å². The highest BCUT2D eigenvalue weighted by Gasteiger charge is 2.05. The largest absolute Gasteiger partial charge is 0.295 e. The van der Waals surface area contributed by atoms with Gasteiger partial charge in [0.25, 0.3) is 0 Å². The molecule has 0 radical (unpaired) electrons. The Hall–Kier alpha value is -0.680. The van der Waals surface area contributed by atoms with Gasteiger partial charge in [0.15, 0.2) is 5.78 Å². The normalized spacial score (nSPS) is 10.0. The van der Waals surface area contributed by atoms with Gasteiger partial charge in [-0.05, 0) is 43.3 Å². The average Bonchev–Trinajstić information content (AvgIpc) is 1.96. The van der Waals surface area contributed by atoms with Crippen molar-refractivity contribution < 1.29 is 4.79 Å². The van der Waals surface area contributed by atoms with Crippen LogP contribution in [0.3, 0.4) is 0 Å². The van der Waals surface area contributed by atoms with E-state index in [4.69, 9.17) is 0 Å². The van der Waals surface area contributed by atoms with E-state index in [1.807, 2.05) is 26.0 Å². The van der Waals surface area contributed by atoms with Crippen molar-refractivity contribution >= 4 is 20.3 Å². The van der Waals surface area contributed by atoms with Crippen LogP contribution in [0.4, 0.5) is 0 Å². The Morgan fingerprint density at radius 2 is 1.83 bits per heavy atom. The molecule has 0 aliphatic rings. The number of carbonyl (C=O) groups excluding carboxylic acids is 1. The van der Waals surface area contributed by atoms with Crippen molar-refractivity contribution in [3.05, 3.63) is 28.8 Å². The fourth-order valence-corrected chi connectivity index (χ4v) is 1.50. The van der Waals surface area contributed by atoms with Crippen LogP contribution < -0.4 is 5.30 Å². The van der Waals surface area contributed by atoms with Crippen LogP contribution in [0.25, 0.3) is 0 Å². The van der Waals surface area contributed by atoms with Gasteiger partial charge in [-0.15, -0.1) is 9.24 Å². The summed E-state index contributed by atoms with van der Waals surface area (Å²) in [6, 6.07) is 3.97. The Morgan fingerprint density at radius 1 is 1.25 bits per heavy atom. The molecule has 1 aromatic carbocycles. The second-order valence-electron chi connectivity index (χ2n) is 3.08. The van der Waals surface area contributed by atoms with Crippen LogP contribution in [0.2, 0.25) is 0 Å². The van der Waals surface area contributed by atoms with Gasteiger partial charge in [0, 0.05) is 5.56 Å². The summed E-state index contributed by atoms with van der Waals surface area (Å²) in [4.78, 5) is 11.1. The summed E-state index contributed by atoms with van der Waals surface area (Å²) < 4.78 is 0. The number of rotatable bonds is 1. The first-order valence-corrected chi connectivity index (χ1v) is 4.47. The van der Waals surface area contributed by atoms with E-state index in [0.717, 1.165) is 16.4 Å². The molecule has 64 valence electrons. The summed E-state index contributed by atoms with van der Waals surface area (Å²) in [5.74, 6) is 0.135. The van der Waals surface area contributed by atoms with Crippen LogP contribution in [0, 0.1) is 13.8 Å². The number of hydrogen-bond acceptors (Lipinski definition) is 1. The van der Waals surface area contributed by atoms with Gasteiger partial charge in [-0.2, -0.15) is 0 Å². The number of benzene rings is 1. The Morgan fingerprint density at radius 3 is 2.33 bits per heavy atom. The lowest BCUT2D eigenvalue weighted by Gasteiger charge is -2.05. The molecule has 0 aliphatic carbocycles. The molecule has 0 aromatic heterocycles. The topological polar surface area (TPSA) is 17.1 Å². The molecule has 0 saturated carbocycles. The predicted octanol–water partition coefficient (Wildman–Crippen LogP) is 2.01. The molecule has 0 heterocycles. The molecule has 0 spiro atoms. The van der Waals surface area contributed by atoms with Gasteiger partial charge in [-0.3, -0.25) is 4.79 Å². The molecular weight excluding hydrogens is 167 g/mol. The zero-order chi connectivity index (χ0) is 9.30. The highest BCUT2D eigenvalue weighted by Crippen LogP contribution is 2.11. The van der Waals surface area contributed by atoms with Crippen molar-refractivity contribution in [2.75, 3.05) is 0 Å². The highest BCUT2D eigenvalue weighted by atomic mass is 31.0. The first kappa shape index (κ1) is 9.41. The van der Waals surface area contributed by atoms with E-state index in [1.54, 1.807) is 6.92 Å². The molecule has 1 atom stereocenters. The Balaban J connectivity index is 3.33. The first-order chi connectivity index (χ1) is 5.52. The number of ketones is 1. The molecule has 1 aromatic rings. The fraction of sp³-hybridized carbons (Fsp3) is 0.300. The molecule has 0 aliphatic heterocycles. The van der Waals surface area contributed by atoms with E-state index in [2.05, 4.69) is 9.24 Å². The van der Waals surface area contributed by atoms with E-state index in [1.165, 1.54) is 5.56 Å². The van der Waals surface area contributed by atoms with E-state index in [0.29, 0.717) is 0 Å². The summed E-state index contributed by atoms with van der Waals surface area (Å²) in [5.41, 5.74) is 3.10. The lowest BCUT2D eigenvalue weighted by Crippen LogP contribution is -2.05. The van der Waals surface area contributed by atoms with Crippen molar-refractivity contribution in [3.8, 4) is 0 Å². The van der Waals surface area contributed by atoms with Gasteiger partial charge >= 0.3 is 0 Å². The van der Waals surface area contributed by atoms with Gasteiger partial charge in [-0.1, -0.05) is 6.07 Å². The van der Waals surface area contributed by atoms with E-state index in [9.17, 15) is 4.79 Å². The maximum Gasteiger partial charge on any atom is 0.160 e. The van der Waals surface area contributed by atoms with Gasteiger partial charge in [0.05, 0.1) is 0 Å². The molecule has 1 nitrogen and oxygen atoms in total. The summed E-state index contributed by atoms with van der Waals surface area (Å²) in [5, 5.41) is 1.10. The molecule has 0 bridgehead atoms. The highest BCUT2D eigenvalue weighted by molar-refractivity contribution is 7.27. The minimum absolute atomic E-state index is 0.135. The predicted molar refractivity (Wildman–Crippen MR) is 55.3 cm³/mol. The Kier molecular flexibility index (Phi) is 2.64. The van der Waals surface area contributed by atoms with Crippen LogP contribution in [0.15, 0.2) is 12.1 Å². The fourth-order valence-electron chi connectivity index (χ4n) is 1.25. The van der Waals surface area contributed by atoms with E-state index in [-0.39, 0.29) is 5.78 Å². The molecule has 1 rings (SSSR count). The van der Waals surface area contributed by atoms with E-state index < -0.39 is 0 Å². The van der Waals surface area contributed by atoms with Crippen LogP contribution >= 0.6 is 9.24 Å². The Labute approximate surface area is 75.4 Å². The number of Topliss-reactive ketones (excluding diaryl/α,β-unsaturated/α-hetero) is 1.